The third-order valence-electron chi connectivity index (χ3n) is 3.60. The molecule has 0 aromatic heterocycles. The second-order valence-corrected chi connectivity index (χ2v) is 6.84. The van der Waals surface area contributed by atoms with Crippen LogP contribution < -0.4 is 4.72 Å². The summed E-state index contributed by atoms with van der Waals surface area (Å²) in [6, 6.07) is 16.5. The fourth-order valence-electron chi connectivity index (χ4n) is 2.43. The summed E-state index contributed by atoms with van der Waals surface area (Å²) in [7, 11) is -3.47. The summed E-state index contributed by atoms with van der Waals surface area (Å²) in [5, 5.41) is 0. The molecule has 0 saturated carbocycles. The van der Waals surface area contributed by atoms with Gasteiger partial charge in [-0.3, -0.25) is 0 Å². The molecule has 2 aromatic rings. The zero-order valence-electron chi connectivity index (χ0n) is 11.5. The predicted molar refractivity (Wildman–Crippen MR) is 80.4 cm³/mol. The van der Waals surface area contributed by atoms with Crippen LogP contribution in [0.1, 0.15) is 11.1 Å². The Kier molecular flexibility index (Phi) is 4.05. The summed E-state index contributed by atoms with van der Waals surface area (Å²) in [5.74, 6) is 0. The van der Waals surface area contributed by atoms with Crippen LogP contribution in [0.15, 0.2) is 59.5 Å². The van der Waals surface area contributed by atoms with E-state index in [4.69, 9.17) is 4.74 Å². The highest BCUT2D eigenvalue weighted by molar-refractivity contribution is 7.89. The van der Waals surface area contributed by atoms with Gasteiger partial charge in [-0.25, -0.2) is 13.1 Å². The molecule has 110 valence electrons. The molecule has 21 heavy (non-hydrogen) atoms. The van der Waals surface area contributed by atoms with E-state index in [1.807, 2.05) is 18.2 Å². The molecule has 1 aliphatic rings. The average Bonchev–Trinajstić information content (AvgIpc) is 2.54. The third kappa shape index (κ3) is 3.32. The van der Waals surface area contributed by atoms with Crippen molar-refractivity contribution in [1.82, 2.24) is 4.72 Å². The molecule has 5 heteroatoms. The first-order valence-corrected chi connectivity index (χ1v) is 8.36. The Hall–Kier alpha value is -1.69. The lowest BCUT2D eigenvalue weighted by Gasteiger charge is -2.25. The SMILES string of the molecule is O=S(=O)(NCC1Cc2ccccc2CO1)c1ccccc1. The van der Waals surface area contributed by atoms with Gasteiger partial charge >= 0.3 is 0 Å². The molecule has 1 N–H and O–H groups in total. The highest BCUT2D eigenvalue weighted by Gasteiger charge is 2.21. The highest BCUT2D eigenvalue weighted by Crippen LogP contribution is 2.20. The van der Waals surface area contributed by atoms with Crippen molar-refractivity contribution in [3.63, 3.8) is 0 Å². The number of nitrogens with one attached hydrogen (secondary N) is 1. The van der Waals surface area contributed by atoms with E-state index in [1.165, 1.54) is 11.1 Å². The molecule has 0 saturated heterocycles. The second-order valence-electron chi connectivity index (χ2n) is 5.07. The molecule has 0 fully saturated rings. The fraction of sp³-hybridized carbons (Fsp3) is 0.250. The highest BCUT2D eigenvalue weighted by atomic mass is 32.2. The number of benzene rings is 2. The van der Waals surface area contributed by atoms with E-state index in [1.54, 1.807) is 30.3 Å². The molecule has 1 heterocycles. The molecule has 2 aromatic carbocycles. The Morgan fingerprint density at radius 3 is 2.43 bits per heavy atom. The minimum Gasteiger partial charge on any atom is -0.372 e. The molecule has 3 rings (SSSR count). The molecular formula is C16H17NO3S. The van der Waals surface area contributed by atoms with Crippen LogP contribution in [0.3, 0.4) is 0 Å². The van der Waals surface area contributed by atoms with E-state index >= 15 is 0 Å². The van der Waals surface area contributed by atoms with Gasteiger partial charge in [-0.15, -0.1) is 0 Å². The topological polar surface area (TPSA) is 55.4 Å². The van der Waals surface area contributed by atoms with Crippen LogP contribution in [0.4, 0.5) is 0 Å². The molecule has 0 bridgehead atoms. The van der Waals surface area contributed by atoms with E-state index in [0.29, 0.717) is 6.61 Å². The van der Waals surface area contributed by atoms with E-state index in [2.05, 4.69) is 10.8 Å². The van der Waals surface area contributed by atoms with E-state index < -0.39 is 10.0 Å². The summed E-state index contributed by atoms with van der Waals surface area (Å²) >= 11 is 0. The number of hydrogen-bond acceptors (Lipinski definition) is 3. The molecule has 1 atom stereocenters. The second kappa shape index (κ2) is 5.97. The van der Waals surface area contributed by atoms with Gasteiger partial charge in [0.25, 0.3) is 0 Å². The van der Waals surface area contributed by atoms with Crippen LogP contribution in [0.2, 0.25) is 0 Å². The minimum atomic E-state index is -3.47. The van der Waals surface area contributed by atoms with Crippen molar-refractivity contribution in [2.24, 2.45) is 0 Å². The van der Waals surface area contributed by atoms with Crippen molar-refractivity contribution < 1.29 is 13.2 Å². The van der Waals surface area contributed by atoms with Crippen LogP contribution in [-0.2, 0) is 27.8 Å². The maximum atomic E-state index is 12.2. The number of sulfonamides is 1. The zero-order valence-corrected chi connectivity index (χ0v) is 12.3. The first-order valence-electron chi connectivity index (χ1n) is 6.88. The Labute approximate surface area is 124 Å². The fourth-order valence-corrected chi connectivity index (χ4v) is 3.51. The molecular weight excluding hydrogens is 286 g/mol. The van der Waals surface area contributed by atoms with E-state index in [9.17, 15) is 8.42 Å². The number of fused-ring (bicyclic) bond motifs is 1. The standard InChI is InChI=1S/C16H17NO3S/c18-21(19,16-8-2-1-3-9-16)17-11-15-10-13-6-4-5-7-14(13)12-20-15/h1-9,15,17H,10-12H2. The van der Waals surface area contributed by atoms with Gasteiger partial charge in [0.1, 0.15) is 0 Å². The summed E-state index contributed by atoms with van der Waals surface area (Å²) in [6.07, 6.45) is 0.603. The Balaban J connectivity index is 1.64. The van der Waals surface area contributed by atoms with E-state index in [-0.39, 0.29) is 17.5 Å². The largest absolute Gasteiger partial charge is 0.372 e. The van der Waals surface area contributed by atoms with Crippen molar-refractivity contribution >= 4 is 10.0 Å². The van der Waals surface area contributed by atoms with Gasteiger partial charge in [0.15, 0.2) is 0 Å². The van der Waals surface area contributed by atoms with Gasteiger partial charge in [-0.2, -0.15) is 0 Å². The first-order chi connectivity index (χ1) is 10.1. The monoisotopic (exact) mass is 303 g/mol. The first kappa shape index (κ1) is 14.3. The Bertz CT molecular complexity index is 713. The normalized spacial score (nSPS) is 18.2. The lowest BCUT2D eigenvalue weighted by atomic mass is 9.99. The Morgan fingerprint density at radius 1 is 1.00 bits per heavy atom. The number of hydrogen-bond donors (Lipinski definition) is 1. The van der Waals surface area contributed by atoms with Crippen LogP contribution >= 0.6 is 0 Å². The van der Waals surface area contributed by atoms with Crippen LogP contribution in [0.5, 0.6) is 0 Å². The van der Waals surface area contributed by atoms with Crippen molar-refractivity contribution in [2.75, 3.05) is 6.54 Å². The number of rotatable bonds is 4. The van der Waals surface area contributed by atoms with Gasteiger partial charge in [0, 0.05) is 13.0 Å². The lowest BCUT2D eigenvalue weighted by Crippen LogP contribution is -2.36. The minimum absolute atomic E-state index is 0.126. The van der Waals surface area contributed by atoms with Gasteiger partial charge in [0.2, 0.25) is 10.0 Å². The van der Waals surface area contributed by atoms with Gasteiger partial charge in [-0.1, -0.05) is 42.5 Å². The van der Waals surface area contributed by atoms with Gasteiger partial charge < -0.3 is 4.74 Å². The molecule has 0 aliphatic carbocycles. The van der Waals surface area contributed by atoms with Crippen LogP contribution in [0.25, 0.3) is 0 Å². The zero-order chi connectivity index (χ0) is 14.7. The predicted octanol–water partition coefficient (Wildman–Crippen LogP) is 2.11. The number of ether oxygens (including phenoxy) is 1. The summed E-state index contributed by atoms with van der Waals surface area (Å²) in [4.78, 5) is 0.279. The Morgan fingerprint density at radius 2 is 1.67 bits per heavy atom. The molecule has 1 unspecified atom stereocenters. The van der Waals surface area contributed by atoms with Crippen molar-refractivity contribution in [3.8, 4) is 0 Å². The van der Waals surface area contributed by atoms with Crippen molar-refractivity contribution in [1.29, 1.82) is 0 Å². The van der Waals surface area contributed by atoms with Crippen molar-refractivity contribution in [3.05, 3.63) is 65.7 Å². The average molecular weight is 303 g/mol. The van der Waals surface area contributed by atoms with Crippen LogP contribution in [-0.4, -0.2) is 21.1 Å². The molecule has 0 spiro atoms. The molecule has 1 aliphatic heterocycles. The summed E-state index contributed by atoms with van der Waals surface area (Å²) in [5.41, 5.74) is 2.41. The smallest absolute Gasteiger partial charge is 0.240 e. The van der Waals surface area contributed by atoms with Gasteiger partial charge in [-0.05, 0) is 23.3 Å². The third-order valence-corrected chi connectivity index (χ3v) is 5.03. The van der Waals surface area contributed by atoms with Crippen LogP contribution in [0, 0.1) is 0 Å². The van der Waals surface area contributed by atoms with Crippen molar-refractivity contribution in [2.45, 2.75) is 24.0 Å². The maximum Gasteiger partial charge on any atom is 0.240 e. The molecule has 0 radical (unpaired) electrons. The maximum absolute atomic E-state index is 12.2. The quantitative estimate of drug-likeness (QED) is 0.941. The summed E-state index contributed by atoms with van der Waals surface area (Å²) in [6.45, 7) is 0.819. The molecule has 0 amide bonds. The van der Waals surface area contributed by atoms with E-state index in [0.717, 1.165) is 6.42 Å². The summed E-state index contributed by atoms with van der Waals surface area (Å²) < 4.78 is 32.6. The lowest BCUT2D eigenvalue weighted by molar-refractivity contribution is 0.0322. The molecule has 4 nitrogen and oxygen atoms in total. The van der Waals surface area contributed by atoms with Gasteiger partial charge in [0.05, 0.1) is 17.6 Å².